The van der Waals surface area contributed by atoms with Crippen molar-refractivity contribution in [1.82, 2.24) is 10.1 Å². The summed E-state index contributed by atoms with van der Waals surface area (Å²) in [5.41, 5.74) is 7.39. The van der Waals surface area contributed by atoms with Gasteiger partial charge in [0.1, 0.15) is 11.5 Å². The molecule has 5 nitrogen and oxygen atoms in total. The maximum Gasteiger partial charge on any atom is 0.222 e. The highest BCUT2D eigenvalue weighted by molar-refractivity contribution is 5.85. The van der Waals surface area contributed by atoms with E-state index in [-0.39, 0.29) is 18.3 Å². The summed E-state index contributed by atoms with van der Waals surface area (Å²) in [5, 5.41) is 4.13. The summed E-state index contributed by atoms with van der Waals surface area (Å²) in [6.45, 7) is 1.37. The Morgan fingerprint density at radius 1 is 1.16 bits per heavy atom. The molecule has 1 aromatic heterocycles. The molecule has 0 bridgehead atoms. The molecule has 0 saturated carbocycles. The number of halogens is 1. The summed E-state index contributed by atoms with van der Waals surface area (Å²) in [7, 11) is 1.86. The van der Waals surface area contributed by atoms with Crippen LogP contribution in [-0.2, 0) is 11.2 Å². The lowest BCUT2D eigenvalue weighted by Gasteiger charge is -2.16. The van der Waals surface area contributed by atoms with Crippen molar-refractivity contribution >= 4 is 18.3 Å². The largest absolute Gasteiger partial charge is 0.361 e. The van der Waals surface area contributed by atoms with Gasteiger partial charge in [0.2, 0.25) is 5.91 Å². The van der Waals surface area contributed by atoms with Gasteiger partial charge >= 0.3 is 0 Å². The van der Waals surface area contributed by atoms with E-state index in [1.54, 1.807) is 4.90 Å². The molecule has 0 aliphatic rings. The third-order valence-electron chi connectivity index (χ3n) is 4.07. The fourth-order valence-electron chi connectivity index (χ4n) is 2.57. The Balaban J connectivity index is 0.00000312. The van der Waals surface area contributed by atoms with Crippen molar-refractivity contribution in [3.8, 4) is 11.3 Å². The highest BCUT2D eigenvalue weighted by Gasteiger charge is 2.08. The Hall–Kier alpha value is -1.85. The predicted molar refractivity (Wildman–Crippen MR) is 103 cm³/mol. The van der Waals surface area contributed by atoms with Crippen LogP contribution in [0.25, 0.3) is 11.3 Å². The van der Waals surface area contributed by atoms with Gasteiger partial charge in [-0.1, -0.05) is 41.9 Å². The maximum atomic E-state index is 11.8. The van der Waals surface area contributed by atoms with Gasteiger partial charge < -0.3 is 15.2 Å². The number of rotatable bonds is 10. The Labute approximate surface area is 156 Å². The molecule has 138 valence electrons. The first-order chi connectivity index (χ1) is 11.7. The molecule has 1 amide bonds. The van der Waals surface area contributed by atoms with Crippen molar-refractivity contribution in [3.05, 3.63) is 42.2 Å². The van der Waals surface area contributed by atoms with E-state index in [0.717, 1.165) is 55.7 Å². The van der Waals surface area contributed by atoms with Gasteiger partial charge in [-0.3, -0.25) is 4.79 Å². The van der Waals surface area contributed by atoms with Crippen LogP contribution in [0, 0.1) is 0 Å². The van der Waals surface area contributed by atoms with Gasteiger partial charge in [-0.25, -0.2) is 0 Å². The van der Waals surface area contributed by atoms with Crippen LogP contribution in [0.5, 0.6) is 0 Å². The summed E-state index contributed by atoms with van der Waals surface area (Å²) in [4.78, 5) is 13.6. The zero-order valence-electron chi connectivity index (χ0n) is 14.8. The minimum absolute atomic E-state index is 0. The highest BCUT2D eigenvalue weighted by atomic mass is 35.5. The number of nitrogens with two attached hydrogens (primary N) is 1. The summed E-state index contributed by atoms with van der Waals surface area (Å²) < 4.78 is 5.40. The van der Waals surface area contributed by atoms with Gasteiger partial charge in [-0.2, -0.15) is 0 Å². The molecular weight excluding hydrogens is 338 g/mol. The van der Waals surface area contributed by atoms with E-state index in [9.17, 15) is 4.79 Å². The molecule has 1 heterocycles. The normalized spacial score (nSPS) is 10.3. The van der Waals surface area contributed by atoms with E-state index >= 15 is 0 Å². The number of aromatic nitrogens is 1. The molecule has 2 rings (SSSR count). The summed E-state index contributed by atoms with van der Waals surface area (Å²) >= 11 is 0. The van der Waals surface area contributed by atoms with E-state index in [4.69, 9.17) is 10.3 Å². The first-order valence-electron chi connectivity index (χ1n) is 8.65. The first kappa shape index (κ1) is 21.2. The van der Waals surface area contributed by atoms with Crippen molar-refractivity contribution in [3.63, 3.8) is 0 Å². The second-order valence-corrected chi connectivity index (χ2v) is 6.06. The van der Waals surface area contributed by atoms with E-state index in [2.05, 4.69) is 5.16 Å². The van der Waals surface area contributed by atoms with Crippen LogP contribution in [0.1, 0.15) is 37.9 Å². The van der Waals surface area contributed by atoms with Crippen molar-refractivity contribution in [2.75, 3.05) is 20.1 Å². The van der Waals surface area contributed by atoms with Crippen LogP contribution >= 0.6 is 12.4 Å². The molecule has 0 fully saturated rings. The number of nitrogens with zero attached hydrogens (tertiary/aromatic N) is 2. The average Bonchev–Trinajstić information content (AvgIpc) is 3.09. The fourth-order valence-corrected chi connectivity index (χ4v) is 2.57. The molecule has 0 radical (unpaired) electrons. The van der Waals surface area contributed by atoms with Gasteiger partial charge in [-0.15, -0.1) is 12.4 Å². The molecular formula is C19H28ClN3O2. The molecule has 2 aromatic rings. The minimum atomic E-state index is 0. The van der Waals surface area contributed by atoms with Gasteiger partial charge in [0.05, 0.1) is 0 Å². The van der Waals surface area contributed by atoms with Crippen LogP contribution in [0.2, 0.25) is 0 Å². The Morgan fingerprint density at radius 2 is 1.92 bits per heavy atom. The van der Waals surface area contributed by atoms with Crippen LogP contribution in [0.4, 0.5) is 0 Å². The van der Waals surface area contributed by atoms with Crippen molar-refractivity contribution in [2.45, 2.75) is 38.5 Å². The number of carbonyl (C=O) groups is 1. The molecule has 6 heteroatoms. The first-order valence-corrected chi connectivity index (χ1v) is 8.65. The number of hydrogen-bond donors (Lipinski definition) is 1. The highest BCUT2D eigenvalue weighted by Crippen LogP contribution is 2.19. The number of aryl methyl sites for hydroxylation is 1. The second-order valence-electron chi connectivity index (χ2n) is 6.06. The van der Waals surface area contributed by atoms with Crippen LogP contribution in [-0.4, -0.2) is 36.1 Å². The SMILES string of the molecule is CN(CCCCCc1cc(-c2ccccc2)no1)C(=O)CCCN.Cl. The molecule has 0 atom stereocenters. The third kappa shape index (κ3) is 7.28. The van der Waals surface area contributed by atoms with Crippen molar-refractivity contribution in [1.29, 1.82) is 0 Å². The molecule has 1 aromatic carbocycles. The molecule has 0 aliphatic carbocycles. The number of carbonyl (C=O) groups excluding carboxylic acids is 1. The number of unbranched alkanes of at least 4 members (excludes halogenated alkanes) is 2. The number of benzene rings is 1. The molecule has 2 N–H and O–H groups in total. The van der Waals surface area contributed by atoms with Crippen LogP contribution < -0.4 is 5.73 Å². The third-order valence-corrected chi connectivity index (χ3v) is 4.07. The smallest absolute Gasteiger partial charge is 0.222 e. The van der Waals surface area contributed by atoms with Gasteiger partial charge in [0.25, 0.3) is 0 Å². The fraction of sp³-hybridized carbons (Fsp3) is 0.474. The maximum absolute atomic E-state index is 11.8. The van der Waals surface area contributed by atoms with Gasteiger partial charge in [0.15, 0.2) is 0 Å². The van der Waals surface area contributed by atoms with Gasteiger partial charge in [0, 0.05) is 38.1 Å². The Bertz CT molecular complexity index is 616. The molecule has 0 aliphatic heterocycles. The standard InChI is InChI=1S/C19H27N3O2.ClH/c1-22(19(23)12-8-13-20)14-7-3-6-11-17-15-18(21-24-17)16-9-4-2-5-10-16;/h2,4-5,9-10,15H,3,6-8,11-14,20H2,1H3;1H. The quantitative estimate of drug-likeness (QED) is 0.652. The zero-order chi connectivity index (χ0) is 17.2. The number of hydrogen-bond acceptors (Lipinski definition) is 4. The summed E-state index contributed by atoms with van der Waals surface area (Å²) in [6, 6.07) is 12.0. The van der Waals surface area contributed by atoms with Crippen molar-refractivity contribution < 1.29 is 9.32 Å². The Kier molecular flexibility index (Phi) is 9.88. The molecule has 0 spiro atoms. The average molecular weight is 366 g/mol. The Morgan fingerprint density at radius 3 is 2.64 bits per heavy atom. The zero-order valence-corrected chi connectivity index (χ0v) is 15.6. The lowest BCUT2D eigenvalue weighted by molar-refractivity contribution is -0.130. The predicted octanol–water partition coefficient (Wildman–Crippen LogP) is 3.67. The lowest BCUT2D eigenvalue weighted by Crippen LogP contribution is -2.28. The van der Waals surface area contributed by atoms with E-state index in [1.165, 1.54) is 0 Å². The summed E-state index contributed by atoms with van der Waals surface area (Å²) in [6.07, 6.45) is 5.30. The summed E-state index contributed by atoms with van der Waals surface area (Å²) in [5.74, 6) is 1.10. The monoisotopic (exact) mass is 365 g/mol. The van der Waals surface area contributed by atoms with E-state index < -0.39 is 0 Å². The second kappa shape index (κ2) is 11.7. The van der Waals surface area contributed by atoms with Crippen LogP contribution in [0.3, 0.4) is 0 Å². The molecule has 0 unspecified atom stereocenters. The number of amides is 1. The topological polar surface area (TPSA) is 72.4 Å². The molecule has 25 heavy (non-hydrogen) atoms. The van der Waals surface area contributed by atoms with Gasteiger partial charge in [-0.05, 0) is 25.8 Å². The minimum Gasteiger partial charge on any atom is -0.361 e. The van der Waals surface area contributed by atoms with E-state index in [0.29, 0.717) is 13.0 Å². The van der Waals surface area contributed by atoms with E-state index in [1.807, 2.05) is 43.4 Å². The molecule has 0 saturated heterocycles. The van der Waals surface area contributed by atoms with Crippen molar-refractivity contribution in [2.24, 2.45) is 5.73 Å². The lowest BCUT2D eigenvalue weighted by atomic mass is 10.1. The van der Waals surface area contributed by atoms with Crippen LogP contribution in [0.15, 0.2) is 40.9 Å².